The monoisotopic (exact) mass is 422 g/mol. The summed E-state index contributed by atoms with van der Waals surface area (Å²) in [5, 5.41) is 0. The average molecular weight is 422 g/mol. The minimum absolute atomic E-state index is 0.106. The number of ketones is 1. The highest BCUT2D eigenvalue weighted by molar-refractivity contribution is 6.13. The topological polar surface area (TPSA) is 76.2 Å². The first-order chi connectivity index (χ1) is 14.8. The van der Waals surface area contributed by atoms with Crippen molar-refractivity contribution < 1.29 is 23.9 Å². The van der Waals surface area contributed by atoms with Gasteiger partial charge in [-0.1, -0.05) is 18.2 Å². The van der Waals surface area contributed by atoms with E-state index in [0.29, 0.717) is 34.7 Å². The predicted octanol–water partition coefficient (Wildman–Crippen LogP) is 2.89. The number of carbonyl (C=O) groups is 3. The Bertz CT molecular complexity index is 1070. The summed E-state index contributed by atoms with van der Waals surface area (Å²) in [5.74, 6) is 0.440. The van der Waals surface area contributed by atoms with Gasteiger partial charge in [-0.2, -0.15) is 0 Å². The molecule has 1 saturated heterocycles. The number of likely N-dealkylation sites (N-methyl/N-ethyl adjacent to an activating group) is 1. The van der Waals surface area contributed by atoms with Gasteiger partial charge in [0.05, 0.1) is 36.8 Å². The summed E-state index contributed by atoms with van der Waals surface area (Å²) in [5.41, 5.74) is 0.311. The summed E-state index contributed by atoms with van der Waals surface area (Å²) < 4.78 is 10.7. The molecule has 4 rings (SSSR count). The van der Waals surface area contributed by atoms with Crippen LogP contribution in [0.5, 0.6) is 11.5 Å². The molecule has 0 radical (unpaired) electrons. The third-order valence-corrected chi connectivity index (χ3v) is 6.47. The highest BCUT2D eigenvalue weighted by Crippen LogP contribution is 2.42. The van der Waals surface area contributed by atoms with Crippen molar-refractivity contribution in [3.8, 4) is 11.5 Å². The van der Waals surface area contributed by atoms with Crippen LogP contribution in [0.3, 0.4) is 0 Å². The number of Topliss-reactive ketones (excluding diaryl/α,β-unsaturated/α-hetero) is 1. The van der Waals surface area contributed by atoms with E-state index in [1.54, 1.807) is 52.3 Å². The summed E-state index contributed by atoms with van der Waals surface area (Å²) in [6.45, 7) is 4.69. The van der Waals surface area contributed by atoms with E-state index in [0.717, 1.165) is 0 Å². The van der Waals surface area contributed by atoms with Crippen LogP contribution in [-0.4, -0.2) is 67.3 Å². The Kier molecular flexibility index (Phi) is 5.21. The molecule has 0 N–H and O–H groups in total. The number of rotatable bonds is 4. The van der Waals surface area contributed by atoms with Crippen LogP contribution in [0.15, 0.2) is 42.5 Å². The molecule has 7 nitrogen and oxygen atoms in total. The Labute approximate surface area is 181 Å². The molecule has 31 heavy (non-hydrogen) atoms. The second-order valence-electron chi connectivity index (χ2n) is 8.15. The molecule has 0 spiro atoms. The number of carbonyl (C=O) groups excluding carboxylic acids is 3. The molecule has 2 amide bonds. The van der Waals surface area contributed by atoms with Gasteiger partial charge in [0.25, 0.3) is 11.8 Å². The number of nitrogens with zero attached hydrogens (tertiary/aromatic N) is 2. The first kappa shape index (κ1) is 20.9. The lowest BCUT2D eigenvalue weighted by molar-refractivity contribution is 0.0559. The van der Waals surface area contributed by atoms with Crippen LogP contribution in [0.25, 0.3) is 0 Å². The molecule has 0 unspecified atom stereocenters. The van der Waals surface area contributed by atoms with Gasteiger partial charge >= 0.3 is 0 Å². The zero-order valence-corrected chi connectivity index (χ0v) is 18.2. The Morgan fingerprint density at radius 3 is 2.45 bits per heavy atom. The van der Waals surface area contributed by atoms with Crippen molar-refractivity contribution >= 4 is 17.6 Å². The van der Waals surface area contributed by atoms with Gasteiger partial charge < -0.3 is 19.3 Å². The Morgan fingerprint density at radius 2 is 1.81 bits per heavy atom. The molecule has 2 aromatic rings. The van der Waals surface area contributed by atoms with Crippen LogP contribution in [-0.2, 0) is 0 Å². The smallest absolute Gasteiger partial charge is 0.257 e. The normalized spacial score (nSPS) is 22.6. The van der Waals surface area contributed by atoms with Crippen molar-refractivity contribution in [1.82, 2.24) is 9.80 Å². The zero-order valence-electron chi connectivity index (χ0n) is 18.2. The quantitative estimate of drug-likeness (QED) is 0.757. The van der Waals surface area contributed by atoms with Gasteiger partial charge in [0, 0.05) is 25.2 Å². The van der Waals surface area contributed by atoms with Crippen molar-refractivity contribution in [1.29, 1.82) is 0 Å². The molecule has 0 aromatic heterocycles. The van der Waals surface area contributed by atoms with Crippen molar-refractivity contribution in [2.24, 2.45) is 5.41 Å². The van der Waals surface area contributed by atoms with E-state index in [9.17, 15) is 14.4 Å². The molecule has 0 saturated carbocycles. The minimum Gasteiger partial charge on any atom is -0.497 e. The van der Waals surface area contributed by atoms with Gasteiger partial charge in [0.1, 0.15) is 11.5 Å². The predicted molar refractivity (Wildman–Crippen MR) is 115 cm³/mol. The fourth-order valence-corrected chi connectivity index (χ4v) is 4.78. The molecular weight excluding hydrogens is 396 g/mol. The van der Waals surface area contributed by atoms with E-state index >= 15 is 0 Å². The zero-order chi connectivity index (χ0) is 22.3. The number of amides is 2. The van der Waals surface area contributed by atoms with Gasteiger partial charge in [-0.05, 0) is 38.1 Å². The molecule has 2 aliphatic heterocycles. The molecule has 0 aliphatic carbocycles. The van der Waals surface area contributed by atoms with Gasteiger partial charge in [-0.25, -0.2) is 0 Å². The molecule has 7 heteroatoms. The molecule has 0 bridgehead atoms. The second-order valence-corrected chi connectivity index (χ2v) is 8.15. The van der Waals surface area contributed by atoms with Crippen molar-refractivity contribution in [3.05, 3.63) is 59.2 Å². The van der Waals surface area contributed by atoms with Crippen LogP contribution in [0.4, 0.5) is 0 Å². The Balaban J connectivity index is 1.76. The van der Waals surface area contributed by atoms with Gasteiger partial charge in [0.15, 0.2) is 5.78 Å². The number of hydrogen-bond donors (Lipinski definition) is 0. The number of benzene rings is 2. The standard InChI is InChI=1S/C24H26N2O5/c1-5-26-20-13-25(22(28)18-12-15(30-3)10-11-19(18)31-4)14-24(20,2)21(27)16-8-6-7-9-17(16)23(26)29/h6-12,20H,5,13-14H2,1-4H3/t20-,24+/m1/s1. The molecule has 2 atom stereocenters. The summed E-state index contributed by atoms with van der Waals surface area (Å²) in [6.07, 6.45) is 0. The van der Waals surface area contributed by atoms with Crippen molar-refractivity contribution in [3.63, 3.8) is 0 Å². The fourth-order valence-electron chi connectivity index (χ4n) is 4.78. The second kappa shape index (κ2) is 7.72. The van der Waals surface area contributed by atoms with Crippen LogP contribution in [0.1, 0.15) is 44.9 Å². The summed E-state index contributed by atoms with van der Waals surface area (Å²) in [7, 11) is 3.04. The Hall–Kier alpha value is -3.35. The number of likely N-dealkylation sites (tertiary alicyclic amines) is 1. The summed E-state index contributed by atoms with van der Waals surface area (Å²) >= 11 is 0. The lowest BCUT2D eigenvalue weighted by Gasteiger charge is -2.34. The lowest BCUT2D eigenvalue weighted by atomic mass is 9.78. The number of hydrogen-bond acceptors (Lipinski definition) is 5. The van der Waals surface area contributed by atoms with E-state index in [4.69, 9.17) is 9.47 Å². The van der Waals surface area contributed by atoms with Gasteiger partial charge in [-0.15, -0.1) is 0 Å². The van der Waals surface area contributed by atoms with E-state index < -0.39 is 11.5 Å². The first-order valence-electron chi connectivity index (χ1n) is 10.3. The maximum absolute atomic E-state index is 13.6. The molecule has 1 fully saturated rings. The highest BCUT2D eigenvalue weighted by atomic mass is 16.5. The lowest BCUT2D eigenvalue weighted by Crippen LogP contribution is -2.49. The largest absolute Gasteiger partial charge is 0.497 e. The number of ether oxygens (including phenoxy) is 2. The van der Waals surface area contributed by atoms with Gasteiger partial charge in [0.2, 0.25) is 0 Å². The summed E-state index contributed by atoms with van der Waals surface area (Å²) in [4.78, 5) is 43.7. The number of fused-ring (bicyclic) bond motifs is 2. The van der Waals surface area contributed by atoms with Crippen molar-refractivity contribution in [2.75, 3.05) is 33.9 Å². The molecule has 2 aliphatic rings. The average Bonchev–Trinajstić information content (AvgIpc) is 3.13. The van der Waals surface area contributed by atoms with E-state index in [2.05, 4.69) is 0 Å². The van der Waals surface area contributed by atoms with E-state index in [-0.39, 0.29) is 30.7 Å². The fraction of sp³-hybridized carbons (Fsp3) is 0.375. The minimum atomic E-state index is -0.903. The first-order valence-corrected chi connectivity index (χ1v) is 10.3. The molecule has 2 heterocycles. The van der Waals surface area contributed by atoms with Crippen LogP contribution < -0.4 is 9.47 Å². The van der Waals surface area contributed by atoms with Crippen LogP contribution in [0.2, 0.25) is 0 Å². The van der Waals surface area contributed by atoms with Gasteiger partial charge in [-0.3, -0.25) is 14.4 Å². The van der Waals surface area contributed by atoms with Crippen LogP contribution >= 0.6 is 0 Å². The number of methoxy groups -OCH3 is 2. The third-order valence-electron chi connectivity index (χ3n) is 6.47. The maximum atomic E-state index is 13.6. The molecule has 2 aromatic carbocycles. The molecular formula is C24H26N2O5. The third kappa shape index (κ3) is 3.15. The van der Waals surface area contributed by atoms with E-state index in [1.165, 1.54) is 14.2 Å². The van der Waals surface area contributed by atoms with Crippen molar-refractivity contribution in [2.45, 2.75) is 19.9 Å². The SMILES string of the molecule is CCN1C(=O)c2ccccc2C(=O)[C@@]2(C)CN(C(=O)c3cc(OC)ccc3OC)C[C@@H]12. The Morgan fingerprint density at radius 1 is 1.10 bits per heavy atom. The summed E-state index contributed by atoms with van der Waals surface area (Å²) in [6, 6.07) is 11.6. The maximum Gasteiger partial charge on any atom is 0.257 e. The van der Waals surface area contributed by atoms with Crippen LogP contribution in [0, 0.1) is 5.41 Å². The highest BCUT2D eigenvalue weighted by Gasteiger charge is 2.55. The molecule has 162 valence electrons. The van der Waals surface area contributed by atoms with E-state index in [1.807, 2.05) is 13.8 Å².